The van der Waals surface area contributed by atoms with E-state index in [1.807, 2.05) is 13.8 Å². The van der Waals surface area contributed by atoms with Gasteiger partial charge in [-0.3, -0.25) is 33.9 Å². The molecule has 2 atom stereocenters. The minimum Gasteiger partial charge on any atom is -0.378 e. The van der Waals surface area contributed by atoms with E-state index in [2.05, 4.69) is 0 Å². The van der Waals surface area contributed by atoms with Crippen LogP contribution in [0.3, 0.4) is 0 Å². The summed E-state index contributed by atoms with van der Waals surface area (Å²) in [6, 6.07) is 5.27. The fraction of sp³-hybridized carbons (Fsp3) is 0.455. The molecule has 0 aliphatic carbocycles. The van der Waals surface area contributed by atoms with Gasteiger partial charge in [-0.1, -0.05) is 36.9 Å². The van der Waals surface area contributed by atoms with Crippen LogP contribution in [0.5, 0.6) is 0 Å². The quantitative estimate of drug-likeness (QED) is 0.339. The van der Waals surface area contributed by atoms with Gasteiger partial charge in [-0.05, 0) is 12.1 Å². The summed E-state index contributed by atoms with van der Waals surface area (Å²) in [7, 11) is 0. The Morgan fingerprint density at radius 3 is 2.43 bits per heavy atom. The first-order valence-electron chi connectivity index (χ1n) is 11.0. The highest BCUT2D eigenvalue weighted by Crippen LogP contribution is 2.54. The van der Waals surface area contributed by atoms with Crippen LogP contribution in [0.4, 0.5) is 11.4 Å². The molecule has 35 heavy (non-hydrogen) atoms. The van der Waals surface area contributed by atoms with Crippen molar-refractivity contribution in [1.29, 1.82) is 0 Å². The summed E-state index contributed by atoms with van der Waals surface area (Å²) in [5.41, 5.74) is -0.708. The van der Waals surface area contributed by atoms with E-state index >= 15 is 0 Å². The average molecular weight is 519 g/mol. The lowest BCUT2D eigenvalue weighted by Crippen LogP contribution is -2.44. The van der Waals surface area contributed by atoms with Crippen molar-refractivity contribution >= 4 is 52.2 Å². The number of anilines is 1. The predicted molar refractivity (Wildman–Crippen MR) is 128 cm³/mol. The zero-order chi connectivity index (χ0) is 25.1. The molecule has 4 heterocycles. The van der Waals surface area contributed by atoms with Crippen LogP contribution < -0.4 is 9.77 Å². The number of ether oxygens (including phenoxy) is 1. The van der Waals surface area contributed by atoms with Crippen LogP contribution in [0.25, 0.3) is 0 Å². The van der Waals surface area contributed by atoms with Gasteiger partial charge < -0.3 is 9.64 Å². The number of hydrogen-bond acceptors (Lipinski definition) is 9. The topological polar surface area (TPSA) is 132 Å². The zero-order valence-corrected chi connectivity index (χ0v) is 20.6. The van der Waals surface area contributed by atoms with Crippen molar-refractivity contribution in [2.75, 3.05) is 31.2 Å². The Labute approximate surface area is 207 Å². The van der Waals surface area contributed by atoms with Gasteiger partial charge in [0.05, 0.1) is 34.8 Å². The summed E-state index contributed by atoms with van der Waals surface area (Å²) in [4.78, 5) is 66.2. The number of nitro benzene ring substituents is 1. The number of nitro groups is 1. The second-order valence-corrected chi connectivity index (χ2v) is 11.2. The Hall–Kier alpha value is -3.03. The Bertz CT molecular complexity index is 1290. The van der Waals surface area contributed by atoms with Crippen LogP contribution in [0.2, 0.25) is 0 Å². The van der Waals surface area contributed by atoms with Crippen molar-refractivity contribution < 1.29 is 24.0 Å². The smallest absolute Gasteiger partial charge is 0.308 e. The van der Waals surface area contributed by atoms with E-state index in [0.29, 0.717) is 36.2 Å². The van der Waals surface area contributed by atoms with E-state index in [4.69, 9.17) is 4.74 Å². The Balaban J connectivity index is 1.47. The number of thiazole rings is 1. The molecule has 13 heteroatoms. The molecule has 1 aromatic heterocycles. The number of hydrogen-bond donors (Lipinski definition) is 0. The van der Waals surface area contributed by atoms with Crippen LogP contribution in [-0.4, -0.2) is 63.7 Å². The number of carbonyl (C=O) groups excluding carboxylic acids is 3. The number of morpholine rings is 1. The number of carbonyl (C=O) groups is 3. The molecular formula is C22H22N4O7S2. The third-order valence-electron chi connectivity index (χ3n) is 6.68. The third-order valence-corrected chi connectivity index (χ3v) is 9.50. The van der Waals surface area contributed by atoms with E-state index in [1.165, 1.54) is 28.8 Å². The molecule has 0 saturated carbocycles. The Morgan fingerprint density at radius 1 is 1.14 bits per heavy atom. The number of aromatic nitrogens is 1. The first-order valence-corrected chi connectivity index (χ1v) is 12.7. The summed E-state index contributed by atoms with van der Waals surface area (Å²) in [5.74, 6) is -1.77. The second kappa shape index (κ2) is 8.57. The highest BCUT2D eigenvalue weighted by atomic mass is 32.2. The zero-order valence-electron chi connectivity index (χ0n) is 19.0. The molecule has 2 aromatic rings. The highest BCUT2D eigenvalue weighted by molar-refractivity contribution is 8.00. The number of fused-ring (bicyclic) bond motifs is 2. The summed E-state index contributed by atoms with van der Waals surface area (Å²) in [5, 5.41) is 10.7. The van der Waals surface area contributed by atoms with Crippen molar-refractivity contribution in [2.24, 2.45) is 5.92 Å². The lowest BCUT2D eigenvalue weighted by Gasteiger charge is -2.36. The molecular weight excluding hydrogens is 496 g/mol. The van der Waals surface area contributed by atoms with E-state index < -0.39 is 33.3 Å². The number of amides is 3. The van der Waals surface area contributed by atoms with Crippen LogP contribution in [-0.2, 0) is 31.1 Å². The van der Waals surface area contributed by atoms with Gasteiger partial charge in [-0.25, -0.2) is 4.90 Å². The van der Waals surface area contributed by atoms with E-state index in [1.54, 1.807) is 4.90 Å². The lowest BCUT2D eigenvalue weighted by molar-refractivity contribution is -0.384. The number of non-ortho nitro benzene ring substituents is 1. The van der Waals surface area contributed by atoms with Crippen LogP contribution in [0.1, 0.15) is 18.7 Å². The highest BCUT2D eigenvalue weighted by Gasteiger charge is 2.59. The maximum atomic E-state index is 13.5. The summed E-state index contributed by atoms with van der Waals surface area (Å²) in [6.45, 7) is 5.34. The van der Waals surface area contributed by atoms with Gasteiger partial charge in [0.1, 0.15) is 11.8 Å². The molecule has 0 bridgehead atoms. The lowest BCUT2D eigenvalue weighted by atomic mass is 9.76. The largest absolute Gasteiger partial charge is 0.378 e. The first-order chi connectivity index (χ1) is 16.6. The van der Waals surface area contributed by atoms with Crippen molar-refractivity contribution in [3.05, 3.63) is 48.9 Å². The number of thioether (sulfide) groups is 1. The van der Waals surface area contributed by atoms with E-state index in [9.17, 15) is 29.3 Å². The van der Waals surface area contributed by atoms with Crippen molar-refractivity contribution in [3.8, 4) is 0 Å². The molecule has 184 valence electrons. The van der Waals surface area contributed by atoms with Gasteiger partial charge in [0.25, 0.3) is 5.69 Å². The maximum absolute atomic E-state index is 13.5. The monoisotopic (exact) mass is 518 g/mol. The second-order valence-electron chi connectivity index (χ2n) is 9.10. The Kier molecular flexibility index (Phi) is 5.80. The summed E-state index contributed by atoms with van der Waals surface area (Å²) in [6.07, 6.45) is 0. The minimum absolute atomic E-state index is 0.140. The van der Waals surface area contributed by atoms with Gasteiger partial charge in [0, 0.05) is 35.5 Å². The maximum Gasteiger partial charge on any atom is 0.308 e. The minimum atomic E-state index is -0.829. The van der Waals surface area contributed by atoms with E-state index in [-0.39, 0.29) is 28.7 Å². The first kappa shape index (κ1) is 23.7. The molecule has 0 N–H and O–H groups in total. The standard InChI is InChI=1S/C22H22N4O7S2/c1-22(2)15-16(19(29)25(18(15)28)12-3-5-13(6-4-12)26(31)32)34-20-17(22)35-21(30)24(20)11-14(27)23-7-9-33-10-8-23/h3-6,15-16H,7-11H2,1-2H3/t15-,16+/m1/s1. The fourth-order valence-corrected chi connectivity index (χ4v) is 7.83. The Morgan fingerprint density at radius 2 is 1.80 bits per heavy atom. The molecule has 0 spiro atoms. The van der Waals surface area contributed by atoms with Crippen LogP contribution >= 0.6 is 23.1 Å². The predicted octanol–water partition coefficient (Wildman–Crippen LogP) is 1.62. The van der Waals surface area contributed by atoms with Gasteiger partial charge in [-0.2, -0.15) is 0 Å². The van der Waals surface area contributed by atoms with Crippen LogP contribution in [0.15, 0.2) is 34.1 Å². The van der Waals surface area contributed by atoms with Gasteiger partial charge in [0.15, 0.2) is 0 Å². The molecule has 2 saturated heterocycles. The van der Waals surface area contributed by atoms with Crippen LogP contribution in [0, 0.1) is 16.0 Å². The number of benzene rings is 1. The normalized spacial score (nSPS) is 23.3. The summed E-state index contributed by atoms with van der Waals surface area (Å²) < 4.78 is 6.70. The van der Waals surface area contributed by atoms with E-state index in [0.717, 1.165) is 28.0 Å². The molecule has 5 rings (SSSR count). The fourth-order valence-electron chi connectivity index (χ4n) is 4.79. The van der Waals surface area contributed by atoms with Crippen molar-refractivity contribution in [3.63, 3.8) is 0 Å². The molecule has 3 aliphatic heterocycles. The molecule has 3 amide bonds. The molecule has 0 unspecified atom stereocenters. The van der Waals surface area contributed by atoms with Crippen molar-refractivity contribution in [2.45, 2.75) is 36.1 Å². The van der Waals surface area contributed by atoms with Gasteiger partial charge >= 0.3 is 4.87 Å². The molecule has 1 aromatic carbocycles. The third kappa shape index (κ3) is 3.78. The molecule has 11 nitrogen and oxygen atoms in total. The number of rotatable bonds is 4. The molecule has 2 fully saturated rings. The summed E-state index contributed by atoms with van der Waals surface area (Å²) >= 11 is 2.14. The average Bonchev–Trinajstić information content (AvgIpc) is 3.28. The van der Waals surface area contributed by atoms with Gasteiger partial charge in [-0.15, -0.1) is 0 Å². The molecule has 3 aliphatic rings. The molecule has 0 radical (unpaired) electrons. The SMILES string of the molecule is CC1(C)c2sc(=O)n(CC(=O)N3CCOCC3)c2S[C@@H]2C(=O)N(c3ccc([N+](=O)[O-])cc3)C(=O)[C@@H]21. The van der Waals surface area contributed by atoms with Gasteiger partial charge in [0.2, 0.25) is 17.7 Å². The number of nitrogens with zero attached hydrogens (tertiary/aromatic N) is 4. The van der Waals surface area contributed by atoms with Crippen molar-refractivity contribution in [1.82, 2.24) is 9.47 Å². The number of imide groups is 1.